The summed E-state index contributed by atoms with van der Waals surface area (Å²) in [6, 6.07) is 9.31. The summed E-state index contributed by atoms with van der Waals surface area (Å²) in [5.74, 6) is -0.363. The summed E-state index contributed by atoms with van der Waals surface area (Å²) in [6.07, 6.45) is 0.332. The zero-order valence-corrected chi connectivity index (χ0v) is 12.7. The maximum Gasteiger partial charge on any atom is 0.272 e. The number of halogens is 2. The van der Waals surface area contributed by atoms with Crippen LogP contribution in [0.2, 0.25) is 0 Å². The number of benzene rings is 2. The molecule has 22 heavy (non-hydrogen) atoms. The predicted octanol–water partition coefficient (Wildman–Crippen LogP) is 3.81. The van der Waals surface area contributed by atoms with E-state index in [1.807, 2.05) is 0 Å². The number of rotatable bonds is 3. The van der Waals surface area contributed by atoms with Crippen LogP contribution in [0, 0.1) is 10.7 Å². The van der Waals surface area contributed by atoms with Gasteiger partial charge >= 0.3 is 0 Å². The van der Waals surface area contributed by atoms with Crippen molar-refractivity contribution < 1.29 is 4.39 Å². The van der Waals surface area contributed by atoms with E-state index in [0.29, 0.717) is 27.4 Å². The molecule has 0 unspecified atom stereocenters. The quantitative estimate of drug-likeness (QED) is 0.720. The van der Waals surface area contributed by atoms with Crippen molar-refractivity contribution in [1.82, 2.24) is 10.2 Å². The molecule has 1 aromatic heterocycles. The van der Waals surface area contributed by atoms with Crippen LogP contribution in [0.1, 0.15) is 11.3 Å². The van der Waals surface area contributed by atoms with E-state index in [0.717, 1.165) is 5.56 Å². The molecule has 0 amide bonds. The SMILES string of the molecule is O=Nc1cccc2c(=O)[nH]nc(Cc3ccc(F)c(Br)c3)c12. The van der Waals surface area contributed by atoms with Crippen molar-refractivity contribution in [1.29, 1.82) is 0 Å². The fraction of sp³-hybridized carbons (Fsp3) is 0.0667. The first kappa shape index (κ1) is 14.5. The number of hydrogen-bond acceptors (Lipinski definition) is 4. The van der Waals surface area contributed by atoms with Crippen molar-refractivity contribution in [2.24, 2.45) is 5.18 Å². The Kier molecular flexibility index (Phi) is 3.81. The molecular formula is C15H9BrFN3O2. The lowest BCUT2D eigenvalue weighted by atomic mass is 10.0. The Bertz CT molecular complexity index is 940. The molecule has 7 heteroatoms. The maximum absolute atomic E-state index is 13.3. The Balaban J connectivity index is 2.18. The number of H-pyrrole nitrogens is 1. The molecule has 0 bridgehead atoms. The van der Waals surface area contributed by atoms with Gasteiger partial charge in [0, 0.05) is 11.8 Å². The fourth-order valence-corrected chi connectivity index (χ4v) is 2.74. The van der Waals surface area contributed by atoms with Crippen LogP contribution in [0.3, 0.4) is 0 Å². The summed E-state index contributed by atoms with van der Waals surface area (Å²) < 4.78 is 13.6. The van der Waals surface area contributed by atoms with Crippen molar-refractivity contribution in [2.75, 3.05) is 0 Å². The lowest BCUT2D eigenvalue weighted by molar-refractivity contribution is 0.620. The van der Waals surface area contributed by atoms with Gasteiger partial charge in [-0.1, -0.05) is 12.1 Å². The highest BCUT2D eigenvalue weighted by molar-refractivity contribution is 9.10. The van der Waals surface area contributed by atoms with Gasteiger partial charge in [0.05, 0.1) is 15.6 Å². The summed E-state index contributed by atoms with van der Waals surface area (Å²) in [6.45, 7) is 0. The third kappa shape index (κ3) is 2.55. The van der Waals surface area contributed by atoms with Crippen LogP contribution >= 0.6 is 15.9 Å². The highest BCUT2D eigenvalue weighted by Gasteiger charge is 2.12. The zero-order chi connectivity index (χ0) is 15.7. The van der Waals surface area contributed by atoms with E-state index in [1.165, 1.54) is 12.1 Å². The van der Waals surface area contributed by atoms with Crippen molar-refractivity contribution in [2.45, 2.75) is 6.42 Å². The largest absolute Gasteiger partial charge is 0.272 e. The topological polar surface area (TPSA) is 75.2 Å². The highest BCUT2D eigenvalue weighted by Crippen LogP contribution is 2.28. The van der Waals surface area contributed by atoms with Gasteiger partial charge < -0.3 is 0 Å². The molecule has 110 valence electrons. The number of aromatic nitrogens is 2. The third-order valence-corrected chi connectivity index (χ3v) is 3.93. The van der Waals surface area contributed by atoms with Gasteiger partial charge in [-0.05, 0) is 50.9 Å². The Morgan fingerprint density at radius 1 is 1.27 bits per heavy atom. The van der Waals surface area contributed by atoms with Crippen LogP contribution in [-0.4, -0.2) is 10.2 Å². The fourth-order valence-electron chi connectivity index (χ4n) is 2.31. The number of nitrogens with one attached hydrogen (secondary N) is 1. The molecule has 0 radical (unpaired) electrons. The van der Waals surface area contributed by atoms with Crippen molar-refractivity contribution in [3.8, 4) is 0 Å². The molecule has 0 aliphatic heterocycles. The van der Waals surface area contributed by atoms with Gasteiger partial charge in [0.2, 0.25) is 0 Å². The monoisotopic (exact) mass is 361 g/mol. The first-order valence-electron chi connectivity index (χ1n) is 6.37. The molecule has 3 aromatic rings. The van der Waals surface area contributed by atoms with E-state index in [4.69, 9.17) is 0 Å². The average molecular weight is 362 g/mol. The van der Waals surface area contributed by atoms with Gasteiger partial charge in [-0.3, -0.25) is 4.79 Å². The standard InChI is InChI=1S/C15H9BrFN3O2/c16-10-6-8(4-5-11(10)17)7-13-14-9(15(21)19-18-13)2-1-3-12(14)20-22/h1-6H,7H2,(H,19,21). The Morgan fingerprint density at radius 3 is 2.82 bits per heavy atom. The molecule has 0 atom stereocenters. The minimum Gasteiger partial charge on any atom is -0.267 e. The second kappa shape index (κ2) is 5.76. The normalized spacial score (nSPS) is 10.8. The molecule has 0 aliphatic rings. The lowest BCUT2D eigenvalue weighted by Gasteiger charge is -2.07. The molecular weight excluding hydrogens is 353 g/mol. The van der Waals surface area contributed by atoms with E-state index in [9.17, 15) is 14.1 Å². The maximum atomic E-state index is 13.3. The van der Waals surface area contributed by atoms with E-state index < -0.39 is 0 Å². The van der Waals surface area contributed by atoms with Crippen molar-refractivity contribution in [3.63, 3.8) is 0 Å². The summed E-state index contributed by atoms with van der Waals surface area (Å²) >= 11 is 3.13. The van der Waals surface area contributed by atoms with Crippen molar-refractivity contribution in [3.05, 3.63) is 73.2 Å². The summed E-state index contributed by atoms with van der Waals surface area (Å²) in [7, 11) is 0. The minimum atomic E-state index is -0.385. The van der Waals surface area contributed by atoms with Crippen LogP contribution in [0.5, 0.6) is 0 Å². The van der Waals surface area contributed by atoms with E-state index >= 15 is 0 Å². The first-order chi connectivity index (χ1) is 10.6. The van der Waals surface area contributed by atoms with Gasteiger partial charge in [0.25, 0.3) is 5.56 Å². The van der Waals surface area contributed by atoms with Crippen LogP contribution in [0.25, 0.3) is 10.8 Å². The molecule has 0 saturated carbocycles. The van der Waals surface area contributed by atoms with Gasteiger partial charge in [0.15, 0.2) is 0 Å². The molecule has 0 spiro atoms. The molecule has 1 heterocycles. The Hall–Kier alpha value is -2.41. The number of fused-ring (bicyclic) bond motifs is 1. The third-order valence-electron chi connectivity index (χ3n) is 3.32. The van der Waals surface area contributed by atoms with Crippen LogP contribution in [-0.2, 0) is 6.42 Å². The number of nitrogens with zero attached hydrogens (tertiary/aromatic N) is 2. The minimum absolute atomic E-state index is 0.160. The number of hydrogen-bond donors (Lipinski definition) is 1. The van der Waals surface area contributed by atoms with Crippen molar-refractivity contribution >= 4 is 32.4 Å². The van der Waals surface area contributed by atoms with Gasteiger partial charge in [-0.15, -0.1) is 4.91 Å². The van der Waals surface area contributed by atoms with E-state index in [-0.39, 0.29) is 17.1 Å². The van der Waals surface area contributed by atoms with E-state index in [1.54, 1.807) is 24.3 Å². The molecule has 2 aromatic carbocycles. The average Bonchev–Trinajstić information content (AvgIpc) is 2.53. The molecule has 0 aliphatic carbocycles. The summed E-state index contributed by atoms with van der Waals surface area (Å²) in [4.78, 5) is 22.8. The number of aromatic amines is 1. The van der Waals surface area contributed by atoms with Crippen LogP contribution in [0.4, 0.5) is 10.1 Å². The lowest BCUT2D eigenvalue weighted by Crippen LogP contribution is -2.11. The van der Waals surface area contributed by atoms with E-state index in [2.05, 4.69) is 31.3 Å². The molecule has 5 nitrogen and oxygen atoms in total. The smallest absolute Gasteiger partial charge is 0.267 e. The molecule has 0 saturated heterocycles. The van der Waals surface area contributed by atoms with Crippen LogP contribution < -0.4 is 5.56 Å². The zero-order valence-electron chi connectivity index (χ0n) is 11.1. The molecule has 3 rings (SSSR count). The highest BCUT2D eigenvalue weighted by atomic mass is 79.9. The second-order valence-corrected chi connectivity index (χ2v) is 5.57. The first-order valence-corrected chi connectivity index (χ1v) is 7.17. The van der Waals surface area contributed by atoms with Gasteiger partial charge in [-0.2, -0.15) is 5.10 Å². The number of nitroso groups, excluding NO2 is 1. The van der Waals surface area contributed by atoms with Crippen LogP contribution in [0.15, 0.2) is 50.8 Å². The molecule has 0 fully saturated rings. The Labute approximate surface area is 132 Å². The Morgan fingerprint density at radius 2 is 2.09 bits per heavy atom. The van der Waals surface area contributed by atoms with Gasteiger partial charge in [0.1, 0.15) is 11.5 Å². The summed E-state index contributed by atoms with van der Waals surface area (Å²) in [5.41, 5.74) is 1.06. The molecule has 1 N–H and O–H groups in total. The second-order valence-electron chi connectivity index (χ2n) is 4.72. The van der Waals surface area contributed by atoms with Gasteiger partial charge in [-0.25, -0.2) is 9.49 Å². The predicted molar refractivity (Wildman–Crippen MR) is 84.7 cm³/mol. The summed E-state index contributed by atoms with van der Waals surface area (Å²) in [5, 5.41) is 10.2.